The molecule has 0 unspecified atom stereocenters. The molecule has 0 saturated carbocycles. The number of hydrogen-bond donors (Lipinski definition) is 1. The second kappa shape index (κ2) is 6.45. The van der Waals surface area contributed by atoms with Crippen LogP contribution in [0, 0.1) is 6.92 Å². The first kappa shape index (κ1) is 14.4. The van der Waals surface area contributed by atoms with Crippen LogP contribution in [0.3, 0.4) is 0 Å². The third-order valence-corrected chi connectivity index (χ3v) is 3.98. The average Bonchev–Trinajstić information content (AvgIpc) is 3.06. The summed E-state index contributed by atoms with van der Waals surface area (Å²) in [6.45, 7) is 2.04. The Bertz CT molecular complexity index is 747. The minimum Gasteiger partial charge on any atom is -0.457 e. The highest BCUT2D eigenvalue weighted by Crippen LogP contribution is 2.23. The Morgan fingerprint density at radius 2 is 1.59 bits per heavy atom. The second-order valence-electron chi connectivity index (χ2n) is 4.87. The van der Waals surface area contributed by atoms with Crippen LogP contribution >= 0.6 is 11.3 Å². The summed E-state index contributed by atoms with van der Waals surface area (Å²) in [5, 5.41) is 4.74. The Balaban J connectivity index is 1.65. The van der Waals surface area contributed by atoms with E-state index in [1.54, 1.807) is 6.07 Å². The molecule has 0 radical (unpaired) electrons. The molecule has 4 heteroatoms. The first-order valence-electron chi connectivity index (χ1n) is 6.90. The Hall–Kier alpha value is -2.59. The molecule has 0 aliphatic rings. The van der Waals surface area contributed by atoms with Crippen molar-refractivity contribution in [1.82, 2.24) is 0 Å². The SMILES string of the molecule is Cc1ccc(Oc2ccc(NC(=O)c3cccs3)cc2)cc1. The Kier molecular flexibility index (Phi) is 4.21. The molecule has 0 spiro atoms. The molecule has 3 nitrogen and oxygen atoms in total. The average molecular weight is 309 g/mol. The van der Waals surface area contributed by atoms with E-state index < -0.39 is 0 Å². The molecule has 22 heavy (non-hydrogen) atoms. The molecule has 3 rings (SSSR count). The molecule has 1 heterocycles. The fraction of sp³-hybridized carbons (Fsp3) is 0.0556. The Morgan fingerprint density at radius 3 is 2.18 bits per heavy atom. The monoisotopic (exact) mass is 309 g/mol. The van der Waals surface area contributed by atoms with Gasteiger partial charge in [0.1, 0.15) is 11.5 Å². The zero-order valence-electron chi connectivity index (χ0n) is 12.1. The van der Waals surface area contributed by atoms with E-state index >= 15 is 0 Å². The quantitative estimate of drug-likeness (QED) is 0.728. The van der Waals surface area contributed by atoms with Crippen molar-refractivity contribution in [3.05, 3.63) is 76.5 Å². The van der Waals surface area contributed by atoms with E-state index in [1.165, 1.54) is 16.9 Å². The van der Waals surface area contributed by atoms with Crippen LogP contribution in [0.5, 0.6) is 11.5 Å². The number of thiophene rings is 1. The van der Waals surface area contributed by atoms with Crippen LogP contribution in [0.1, 0.15) is 15.2 Å². The second-order valence-corrected chi connectivity index (χ2v) is 5.82. The highest BCUT2D eigenvalue weighted by atomic mass is 32.1. The summed E-state index contributed by atoms with van der Waals surface area (Å²) in [7, 11) is 0. The Labute approximate surface area is 133 Å². The molecule has 1 N–H and O–H groups in total. The van der Waals surface area contributed by atoms with Crippen LogP contribution in [0.15, 0.2) is 66.0 Å². The third kappa shape index (κ3) is 3.54. The van der Waals surface area contributed by atoms with Gasteiger partial charge in [0, 0.05) is 5.69 Å². The maximum absolute atomic E-state index is 12.0. The lowest BCUT2D eigenvalue weighted by molar-refractivity contribution is 0.103. The number of anilines is 1. The lowest BCUT2D eigenvalue weighted by Crippen LogP contribution is -2.09. The van der Waals surface area contributed by atoms with Crippen molar-refractivity contribution in [2.75, 3.05) is 5.32 Å². The van der Waals surface area contributed by atoms with Gasteiger partial charge in [-0.3, -0.25) is 4.79 Å². The van der Waals surface area contributed by atoms with Gasteiger partial charge in [-0.15, -0.1) is 11.3 Å². The normalized spacial score (nSPS) is 10.2. The van der Waals surface area contributed by atoms with Crippen molar-refractivity contribution in [3.63, 3.8) is 0 Å². The van der Waals surface area contributed by atoms with Crippen LogP contribution in [-0.4, -0.2) is 5.91 Å². The highest BCUT2D eigenvalue weighted by Gasteiger charge is 2.06. The predicted octanol–water partition coefficient (Wildman–Crippen LogP) is 5.10. The number of ether oxygens (including phenoxy) is 1. The zero-order chi connectivity index (χ0) is 15.4. The summed E-state index contributed by atoms with van der Waals surface area (Å²) in [4.78, 5) is 12.6. The number of benzene rings is 2. The first-order chi connectivity index (χ1) is 10.7. The standard InChI is InChI=1S/C18H15NO2S/c1-13-4-8-15(9-5-13)21-16-10-6-14(7-11-16)19-18(20)17-3-2-12-22-17/h2-12H,1H3,(H,19,20). The number of nitrogens with one attached hydrogen (secondary N) is 1. The van der Waals surface area contributed by atoms with Crippen molar-refractivity contribution in [1.29, 1.82) is 0 Å². The van der Waals surface area contributed by atoms with E-state index in [0.29, 0.717) is 4.88 Å². The smallest absolute Gasteiger partial charge is 0.265 e. The van der Waals surface area contributed by atoms with Crippen molar-refractivity contribution in [3.8, 4) is 11.5 Å². The van der Waals surface area contributed by atoms with Gasteiger partial charge >= 0.3 is 0 Å². The lowest BCUT2D eigenvalue weighted by Gasteiger charge is -2.08. The lowest BCUT2D eigenvalue weighted by atomic mass is 10.2. The molecule has 0 atom stereocenters. The van der Waals surface area contributed by atoms with E-state index in [-0.39, 0.29) is 5.91 Å². The van der Waals surface area contributed by atoms with Gasteiger partial charge in [0.2, 0.25) is 0 Å². The molecular formula is C18H15NO2S. The molecule has 0 aliphatic heterocycles. The molecule has 110 valence electrons. The van der Waals surface area contributed by atoms with Gasteiger partial charge in [-0.2, -0.15) is 0 Å². The van der Waals surface area contributed by atoms with Crippen molar-refractivity contribution >= 4 is 22.9 Å². The number of rotatable bonds is 4. The molecule has 0 aliphatic carbocycles. The molecule has 1 amide bonds. The Morgan fingerprint density at radius 1 is 0.955 bits per heavy atom. The van der Waals surface area contributed by atoms with Crippen LogP contribution in [0.4, 0.5) is 5.69 Å². The maximum Gasteiger partial charge on any atom is 0.265 e. The van der Waals surface area contributed by atoms with E-state index in [2.05, 4.69) is 5.32 Å². The van der Waals surface area contributed by atoms with E-state index in [4.69, 9.17) is 4.74 Å². The van der Waals surface area contributed by atoms with Gasteiger partial charge in [0.25, 0.3) is 5.91 Å². The van der Waals surface area contributed by atoms with Crippen LogP contribution in [0.25, 0.3) is 0 Å². The van der Waals surface area contributed by atoms with Gasteiger partial charge in [-0.1, -0.05) is 23.8 Å². The third-order valence-electron chi connectivity index (χ3n) is 3.11. The van der Waals surface area contributed by atoms with E-state index in [0.717, 1.165) is 17.2 Å². The molecule has 0 saturated heterocycles. The zero-order valence-corrected chi connectivity index (χ0v) is 12.9. The molecule has 2 aromatic carbocycles. The molecule has 1 aromatic heterocycles. The first-order valence-corrected chi connectivity index (χ1v) is 7.78. The number of carbonyl (C=O) groups excluding carboxylic acids is 1. The molecule has 0 fully saturated rings. The van der Waals surface area contributed by atoms with Crippen molar-refractivity contribution < 1.29 is 9.53 Å². The molecular weight excluding hydrogens is 294 g/mol. The van der Waals surface area contributed by atoms with Crippen LogP contribution < -0.4 is 10.1 Å². The predicted molar refractivity (Wildman–Crippen MR) is 90.0 cm³/mol. The van der Waals surface area contributed by atoms with Crippen LogP contribution in [0.2, 0.25) is 0 Å². The molecule has 0 bridgehead atoms. The minimum absolute atomic E-state index is 0.0952. The van der Waals surface area contributed by atoms with Gasteiger partial charge in [-0.25, -0.2) is 0 Å². The topological polar surface area (TPSA) is 38.3 Å². The maximum atomic E-state index is 12.0. The van der Waals surface area contributed by atoms with E-state index in [1.807, 2.05) is 66.9 Å². The number of hydrogen-bond acceptors (Lipinski definition) is 3. The fourth-order valence-corrected chi connectivity index (χ4v) is 2.57. The minimum atomic E-state index is -0.0952. The van der Waals surface area contributed by atoms with Gasteiger partial charge in [0.15, 0.2) is 0 Å². The highest BCUT2D eigenvalue weighted by molar-refractivity contribution is 7.12. The van der Waals surface area contributed by atoms with Crippen molar-refractivity contribution in [2.45, 2.75) is 6.92 Å². The molecule has 3 aromatic rings. The number of aryl methyl sites for hydroxylation is 1. The summed E-state index contributed by atoms with van der Waals surface area (Å²) >= 11 is 1.42. The number of carbonyl (C=O) groups is 1. The summed E-state index contributed by atoms with van der Waals surface area (Å²) in [5.41, 5.74) is 1.94. The fourth-order valence-electron chi connectivity index (χ4n) is 1.95. The largest absolute Gasteiger partial charge is 0.457 e. The van der Waals surface area contributed by atoms with Gasteiger partial charge in [-0.05, 0) is 54.8 Å². The van der Waals surface area contributed by atoms with Crippen molar-refractivity contribution in [2.24, 2.45) is 0 Å². The van der Waals surface area contributed by atoms with Crippen LogP contribution in [-0.2, 0) is 0 Å². The number of amides is 1. The van der Waals surface area contributed by atoms with E-state index in [9.17, 15) is 4.79 Å². The summed E-state index contributed by atoms with van der Waals surface area (Å²) in [5.74, 6) is 1.43. The van der Waals surface area contributed by atoms with Gasteiger partial charge in [0.05, 0.1) is 4.88 Å². The van der Waals surface area contributed by atoms with Gasteiger partial charge < -0.3 is 10.1 Å². The summed E-state index contributed by atoms with van der Waals surface area (Å²) in [6, 6.07) is 18.9. The summed E-state index contributed by atoms with van der Waals surface area (Å²) in [6.07, 6.45) is 0. The summed E-state index contributed by atoms with van der Waals surface area (Å²) < 4.78 is 5.75.